The third-order valence-corrected chi connectivity index (χ3v) is 3.59. The third-order valence-electron chi connectivity index (χ3n) is 3.59. The van der Waals surface area contributed by atoms with Crippen molar-refractivity contribution >= 4 is 5.69 Å². The zero-order valence-corrected chi connectivity index (χ0v) is 10.6. The van der Waals surface area contributed by atoms with E-state index in [4.69, 9.17) is 10.7 Å². The summed E-state index contributed by atoms with van der Waals surface area (Å²) >= 11 is 0. The van der Waals surface area contributed by atoms with Gasteiger partial charge in [-0.2, -0.15) is 0 Å². The van der Waals surface area contributed by atoms with Crippen LogP contribution < -0.4 is 5.73 Å². The van der Waals surface area contributed by atoms with Gasteiger partial charge in [0, 0.05) is 23.1 Å². The lowest BCUT2D eigenvalue weighted by Crippen LogP contribution is -2.07. The van der Waals surface area contributed by atoms with Crippen molar-refractivity contribution in [3.05, 3.63) is 41.2 Å². The van der Waals surface area contributed by atoms with Crippen LogP contribution >= 0.6 is 0 Å². The first-order valence-corrected chi connectivity index (χ1v) is 6.45. The van der Waals surface area contributed by atoms with E-state index in [0.717, 1.165) is 35.5 Å². The van der Waals surface area contributed by atoms with Crippen molar-refractivity contribution in [3.63, 3.8) is 0 Å². The molecule has 0 bridgehead atoms. The topological polar surface area (TPSA) is 51.8 Å². The summed E-state index contributed by atoms with van der Waals surface area (Å²) in [7, 11) is 0. The van der Waals surface area contributed by atoms with Crippen molar-refractivity contribution in [2.45, 2.75) is 32.6 Å². The fourth-order valence-corrected chi connectivity index (χ4v) is 2.43. The maximum atomic E-state index is 5.84. The molecule has 0 saturated carbocycles. The summed E-state index contributed by atoms with van der Waals surface area (Å²) in [6.07, 6.45) is 6.69. The van der Waals surface area contributed by atoms with Gasteiger partial charge in [0.1, 0.15) is 0 Å². The van der Waals surface area contributed by atoms with E-state index in [9.17, 15) is 0 Å². The monoisotopic (exact) mass is 239 g/mol. The van der Waals surface area contributed by atoms with Crippen LogP contribution in [0.1, 0.15) is 29.7 Å². The Labute approximate surface area is 107 Å². The van der Waals surface area contributed by atoms with Gasteiger partial charge < -0.3 is 5.73 Å². The molecule has 0 spiro atoms. The van der Waals surface area contributed by atoms with Crippen LogP contribution in [0.3, 0.4) is 0 Å². The van der Waals surface area contributed by atoms with Crippen LogP contribution in [0.4, 0.5) is 5.69 Å². The van der Waals surface area contributed by atoms with E-state index in [1.165, 1.54) is 24.1 Å². The summed E-state index contributed by atoms with van der Waals surface area (Å²) in [5.74, 6) is 0.818. The highest BCUT2D eigenvalue weighted by molar-refractivity contribution is 5.62. The average Bonchev–Trinajstić information content (AvgIpc) is 2.41. The van der Waals surface area contributed by atoms with Crippen LogP contribution in [0.15, 0.2) is 24.4 Å². The first kappa shape index (κ1) is 11.2. The highest BCUT2D eigenvalue weighted by Crippen LogP contribution is 2.24. The molecule has 0 radical (unpaired) electrons. The number of aryl methyl sites for hydroxylation is 3. The fraction of sp³-hybridized carbons (Fsp3) is 0.333. The Kier molecular flexibility index (Phi) is 2.74. The van der Waals surface area contributed by atoms with Crippen LogP contribution in [0.5, 0.6) is 0 Å². The lowest BCUT2D eigenvalue weighted by atomic mass is 9.97. The Morgan fingerprint density at radius 3 is 2.83 bits per heavy atom. The molecule has 1 aromatic heterocycles. The van der Waals surface area contributed by atoms with Crippen LogP contribution in [0.25, 0.3) is 11.4 Å². The molecule has 3 nitrogen and oxygen atoms in total. The number of aromatic nitrogens is 2. The van der Waals surface area contributed by atoms with Gasteiger partial charge >= 0.3 is 0 Å². The molecule has 0 atom stereocenters. The van der Waals surface area contributed by atoms with E-state index < -0.39 is 0 Å². The molecular formula is C15H17N3. The SMILES string of the molecule is Cc1cc(-c2ncc3c(n2)CCCC3)ccc1N. The van der Waals surface area contributed by atoms with Gasteiger partial charge in [-0.05, 0) is 61.9 Å². The number of anilines is 1. The minimum Gasteiger partial charge on any atom is -0.399 e. The van der Waals surface area contributed by atoms with Gasteiger partial charge in [0.25, 0.3) is 0 Å². The largest absolute Gasteiger partial charge is 0.399 e. The number of nitrogen functional groups attached to an aromatic ring is 1. The minimum absolute atomic E-state index is 0.816. The van der Waals surface area contributed by atoms with Gasteiger partial charge in [0.15, 0.2) is 5.82 Å². The maximum Gasteiger partial charge on any atom is 0.159 e. The van der Waals surface area contributed by atoms with Crippen molar-refractivity contribution in [1.29, 1.82) is 0 Å². The Bertz CT molecular complexity index is 590. The van der Waals surface area contributed by atoms with Gasteiger partial charge in [-0.3, -0.25) is 0 Å². The van der Waals surface area contributed by atoms with Crippen LogP contribution in [0.2, 0.25) is 0 Å². The third kappa shape index (κ3) is 1.96. The molecule has 1 aliphatic carbocycles. The van der Waals surface area contributed by atoms with Crippen LogP contribution in [0, 0.1) is 6.92 Å². The molecule has 2 aromatic rings. The number of rotatable bonds is 1. The number of nitrogens with two attached hydrogens (primary N) is 1. The molecule has 0 unspecified atom stereocenters. The second kappa shape index (κ2) is 4.41. The Balaban J connectivity index is 2.03. The molecule has 0 saturated heterocycles. The van der Waals surface area contributed by atoms with Gasteiger partial charge in [-0.25, -0.2) is 9.97 Å². The Morgan fingerprint density at radius 2 is 2.00 bits per heavy atom. The number of nitrogens with zero attached hydrogens (tertiary/aromatic N) is 2. The molecule has 2 N–H and O–H groups in total. The molecule has 3 heteroatoms. The number of benzene rings is 1. The fourth-order valence-electron chi connectivity index (χ4n) is 2.43. The predicted molar refractivity (Wildman–Crippen MR) is 73.3 cm³/mol. The summed E-state index contributed by atoms with van der Waals surface area (Å²) in [5.41, 5.74) is 11.3. The van der Waals surface area contributed by atoms with Crippen molar-refractivity contribution in [2.75, 3.05) is 5.73 Å². The van der Waals surface area contributed by atoms with Crippen molar-refractivity contribution in [2.24, 2.45) is 0 Å². The predicted octanol–water partition coefficient (Wildman–Crippen LogP) is 2.91. The molecule has 18 heavy (non-hydrogen) atoms. The molecule has 3 rings (SSSR count). The van der Waals surface area contributed by atoms with E-state index >= 15 is 0 Å². The quantitative estimate of drug-likeness (QED) is 0.778. The van der Waals surface area contributed by atoms with Crippen LogP contribution in [-0.2, 0) is 12.8 Å². The molecule has 1 heterocycles. The molecular weight excluding hydrogens is 222 g/mol. The summed E-state index contributed by atoms with van der Waals surface area (Å²) in [4.78, 5) is 9.18. The van der Waals surface area contributed by atoms with Crippen LogP contribution in [-0.4, -0.2) is 9.97 Å². The number of hydrogen-bond donors (Lipinski definition) is 1. The van der Waals surface area contributed by atoms with Gasteiger partial charge in [-0.15, -0.1) is 0 Å². The van der Waals surface area contributed by atoms with Crippen molar-refractivity contribution < 1.29 is 0 Å². The lowest BCUT2D eigenvalue weighted by molar-refractivity contribution is 0.663. The minimum atomic E-state index is 0.816. The first-order valence-electron chi connectivity index (χ1n) is 6.45. The summed E-state index contributed by atoms with van der Waals surface area (Å²) in [5, 5.41) is 0. The molecule has 92 valence electrons. The molecule has 0 amide bonds. The van der Waals surface area contributed by atoms with E-state index in [-0.39, 0.29) is 0 Å². The number of fused-ring (bicyclic) bond motifs is 1. The second-order valence-electron chi connectivity index (χ2n) is 4.94. The highest BCUT2D eigenvalue weighted by Gasteiger charge is 2.12. The molecule has 0 aliphatic heterocycles. The molecule has 0 fully saturated rings. The maximum absolute atomic E-state index is 5.84. The lowest BCUT2D eigenvalue weighted by Gasteiger charge is -2.15. The Morgan fingerprint density at radius 1 is 1.17 bits per heavy atom. The van der Waals surface area contributed by atoms with E-state index in [1.54, 1.807) is 0 Å². The zero-order valence-electron chi connectivity index (χ0n) is 10.6. The van der Waals surface area contributed by atoms with Gasteiger partial charge in [0.2, 0.25) is 0 Å². The normalized spacial score (nSPS) is 14.3. The Hall–Kier alpha value is -1.90. The van der Waals surface area contributed by atoms with E-state index in [0.29, 0.717) is 0 Å². The van der Waals surface area contributed by atoms with Crippen molar-refractivity contribution in [3.8, 4) is 11.4 Å². The molecule has 1 aliphatic rings. The summed E-state index contributed by atoms with van der Waals surface area (Å²) < 4.78 is 0. The zero-order chi connectivity index (χ0) is 12.5. The first-order chi connectivity index (χ1) is 8.74. The van der Waals surface area contributed by atoms with E-state index in [2.05, 4.69) is 11.1 Å². The highest BCUT2D eigenvalue weighted by atomic mass is 14.9. The van der Waals surface area contributed by atoms with E-state index in [1.807, 2.05) is 25.3 Å². The second-order valence-corrected chi connectivity index (χ2v) is 4.94. The summed E-state index contributed by atoms with van der Waals surface area (Å²) in [6.45, 7) is 2.01. The average molecular weight is 239 g/mol. The smallest absolute Gasteiger partial charge is 0.159 e. The van der Waals surface area contributed by atoms with Gasteiger partial charge in [0.05, 0.1) is 0 Å². The van der Waals surface area contributed by atoms with Gasteiger partial charge in [-0.1, -0.05) is 0 Å². The van der Waals surface area contributed by atoms with Crippen molar-refractivity contribution in [1.82, 2.24) is 9.97 Å². The number of hydrogen-bond acceptors (Lipinski definition) is 3. The standard InChI is InChI=1S/C15H17N3/c1-10-8-11(6-7-13(10)16)15-17-9-12-4-2-3-5-14(12)18-15/h6-9H,2-5,16H2,1H3. The molecule has 1 aromatic carbocycles. The summed E-state index contributed by atoms with van der Waals surface area (Å²) in [6, 6.07) is 5.97.